The molecule has 6 aliphatic rings. The van der Waals surface area contributed by atoms with Gasteiger partial charge >= 0.3 is 17.9 Å². The van der Waals surface area contributed by atoms with Crippen LogP contribution in [0, 0.1) is 33.0 Å². The molecule has 0 aromatic heterocycles. The molecule has 2 bridgehead atoms. The van der Waals surface area contributed by atoms with E-state index in [0.717, 1.165) is 46.2 Å². The summed E-state index contributed by atoms with van der Waals surface area (Å²) in [6, 6.07) is 35.1. The largest absolute Gasteiger partial charge is 0.481 e. The molecule has 3 aliphatic carbocycles. The number of aliphatic carboxylic acids is 3. The molecular formula is C51H58O12. The van der Waals surface area contributed by atoms with Crippen LogP contribution in [0.3, 0.4) is 0 Å². The van der Waals surface area contributed by atoms with Gasteiger partial charge in [-0.3, -0.25) is 14.4 Å². The normalized spacial score (nSPS) is 29.5. The number of ether oxygens (including phenoxy) is 6. The highest BCUT2D eigenvalue weighted by molar-refractivity contribution is 5.80. The molecule has 0 amide bonds. The number of hydrogen-bond donors (Lipinski definition) is 3. The van der Waals surface area contributed by atoms with Gasteiger partial charge < -0.3 is 43.7 Å². The first kappa shape index (κ1) is 44.6. The SMILES string of the molecule is CC1(C(=O)O)COC(c2ccccc2)(c2ccccc2)OC1.CC1(C(=O)O)COC2(CC3CCC2(C)C3(C)C)OC1.CC1(C(=O)O)COC2(OC1)c1ccccc1-c1ccccc12. The van der Waals surface area contributed by atoms with E-state index in [0.29, 0.717) is 5.92 Å². The third kappa shape index (κ3) is 7.10. The third-order valence-corrected chi connectivity index (χ3v) is 15.1. The smallest absolute Gasteiger partial charge is 0.314 e. The van der Waals surface area contributed by atoms with Crippen molar-refractivity contribution in [1.29, 1.82) is 0 Å². The Labute approximate surface area is 368 Å². The second kappa shape index (κ2) is 15.9. The summed E-state index contributed by atoms with van der Waals surface area (Å²) in [5.74, 6) is -4.64. The third-order valence-electron chi connectivity index (χ3n) is 15.1. The highest BCUT2D eigenvalue weighted by Crippen LogP contribution is 2.71. The van der Waals surface area contributed by atoms with Gasteiger partial charge in [0.2, 0.25) is 11.6 Å². The first-order valence-electron chi connectivity index (χ1n) is 21.6. The van der Waals surface area contributed by atoms with Crippen molar-refractivity contribution >= 4 is 17.9 Å². The van der Waals surface area contributed by atoms with Crippen molar-refractivity contribution in [1.82, 2.24) is 0 Å². The minimum atomic E-state index is -1.06. The van der Waals surface area contributed by atoms with E-state index in [-0.39, 0.29) is 50.5 Å². The molecule has 3 saturated heterocycles. The zero-order valence-electron chi connectivity index (χ0n) is 36.8. The lowest BCUT2D eigenvalue weighted by atomic mass is 9.68. The Kier molecular flexibility index (Phi) is 11.3. The lowest BCUT2D eigenvalue weighted by Gasteiger charge is -2.52. The topological polar surface area (TPSA) is 167 Å². The second-order valence-electron chi connectivity index (χ2n) is 19.6. The fourth-order valence-electron chi connectivity index (χ4n) is 10.1. The van der Waals surface area contributed by atoms with Crippen molar-refractivity contribution in [2.24, 2.45) is 33.0 Å². The van der Waals surface area contributed by atoms with Crippen LogP contribution in [0.25, 0.3) is 11.1 Å². The number of hydrogen-bond acceptors (Lipinski definition) is 9. The van der Waals surface area contributed by atoms with Crippen LogP contribution in [0.1, 0.15) is 83.1 Å². The van der Waals surface area contributed by atoms with Crippen LogP contribution >= 0.6 is 0 Å². The summed E-state index contributed by atoms with van der Waals surface area (Å²) in [5, 5.41) is 28.0. The molecule has 3 N–H and O–H groups in total. The molecule has 3 aliphatic heterocycles. The molecule has 4 aromatic carbocycles. The van der Waals surface area contributed by atoms with E-state index in [1.165, 1.54) is 6.42 Å². The van der Waals surface area contributed by atoms with Gasteiger partial charge in [-0.1, -0.05) is 130 Å². The van der Waals surface area contributed by atoms with Gasteiger partial charge in [-0.15, -0.1) is 0 Å². The molecule has 0 radical (unpaired) electrons. The average molecular weight is 863 g/mol. The first-order valence-corrected chi connectivity index (χ1v) is 21.6. The molecular weight excluding hydrogens is 805 g/mol. The van der Waals surface area contributed by atoms with E-state index in [1.54, 1.807) is 20.8 Å². The summed E-state index contributed by atoms with van der Waals surface area (Å²) in [6.45, 7) is 12.8. The Morgan fingerprint density at radius 3 is 1.17 bits per heavy atom. The number of carboxylic acid groups (broad SMARTS) is 3. The summed E-state index contributed by atoms with van der Waals surface area (Å²) in [6.07, 6.45) is 3.24. The molecule has 63 heavy (non-hydrogen) atoms. The van der Waals surface area contributed by atoms with Crippen LogP contribution < -0.4 is 0 Å². The van der Waals surface area contributed by atoms with Crippen molar-refractivity contribution in [2.45, 2.75) is 78.2 Å². The fraction of sp³-hybridized carbons (Fsp3) is 0.471. The molecule has 12 heteroatoms. The van der Waals surface area contributed by atoms with Crippen LogP contribution in [0.2, 0.25) is 0 Å². The van der Waals surface area contributed by atoms with Gasteiger partial charge in [0, 0.05) is 34.1 Å². The monoisotopic (exact) mass is 862 g/mol. The summed E-state index contributed by atoms with van der Waals surface area (Å²) < 4.78 is 36.3. The van der Waals surface area contributed by atoms with Crippen molar-refractivity contribution in [3.05, 3.63) is 131 Å². The van der Waals surface area contributed by atoms with E-state index >= 15 is 0 Å². The van der Waals surface area contributed by atoms with Gasteiger partial charge in [0.1, 0.15) is 16.2 Å². The Bertz CT molecular complexity index is 2210. The van der Waals surface area contributed by atoms with Crippen molar-refractivity contribution < 1.29 is 58.1 Å². The Hall–Kier alpha value is -4.95. The molecule has 10 rings (SSSR count). The predicted molar refractivity (Wildman–Crippen MR) is 231 cm³/mol. The van der Waals surface area contributed by atoms with Crippen LogP contribution in [-0.4, -0.2) is 78.7 Å². The number of rotatable bonds is 5. The maximum absolute atomic E-state index is 11.4. The van der Waals surface area contributed by atoms with Gasteiger partial charge in [0.15, 0.2) is 5.79 Å². The van der Waals surface area contributed by atoms with Crippen LogP contribution in [0.5, 0.6) is 0 Å². The minimum absolute atomic E-state index is 0.00942. The van der Waals surface area contributed by atoms with Gasteiger partial charge in [0.05, 0.1) is 39.6 Å². The van der Waals surface area contributed by atoms with Crippen molar-refractivity contribution in [3.63, 3.8) is 0 Å². The molecule has 2 saturated carbocycles. The molecule has 5 fully saturated rings. The van der Waals surface area contributed by atoms with Gasteiger partial charge in [-0.05, 0) is 56.1 Å². The highest BCUT2D eigenvalue weighted by Gasteiger charge is 2.72. The van der Waals surface area contributed by atoms with Gasteiger partial charge in [-0.2, -0.15) is 0 Å². The Morgan fingerprint density at radius 2 is 0.825 bits per heavy atom. The van der Waals surface area contributed by atoms with Gasteiger partial charge in [-0.25, -0.2) is 0 Å². The Balaban J connectivity index is 0.000000130. The lowest BCUT2D eigenvalue weighted by molar-refractivity contribution is -0.345. The summed E-state index contributed by atoms with van der Waals surface area (Å²) in [4.78, 5) is 34.1. The molecule has 4 aromatic rings. The van der Waals surface area contributed by atoms with E-state index < -0.39 is 51.5 Å². The van der Waals surface area contributed by atoms with Gasteiger partial charge in [0.25, 0.3) is 0 Å². The molecule has 3 heterocycles. The van der Waals surface area contributed by atoms with E-state index in [1.807, 2.05) is 109 Å². The zero-order chi connectivity index (χ0) is 45.1. The molecule has 12 nitrogen and oxygen atoms in total. The van der Waals surface area contributed by atoms with Crippen molar-refractivity contribution in [3.8, 4) is 11.1 Å². The Morgan fingerprint density at radius 1 is 0.476 bits per heavy atom. The van der Waals surface area contributed by atoms with Crippen LogP contribution in [0.4, 0.5) is 0 Å². The maximum atomic E-state index is 11.4. The van der Waals surface area contributed by atoms with Crippen LogP contribution in [-0.2, 0) is 54.4 Å². The lowest BCUT2D eigenvalue weighted by Crippen LogP contribution is -2.58. The molecule has 2 spiro atoms. The standard InChI is InChI=1S/C18H16O4.C18H18O4.C15H24O4/c1-17(16(19)20)10-21-18(22-11-17)14-8-4-2-6-12(14)13-7-3-5-9-15(13)18;1-17(16(19)20)12-21-18(22-13-17,14-8-4-2-5-9-14)15-10-6-3-7-11-15;1-12(2)10-5-6-14(12,4)15(7-10)18-8-13(3,9-19-15)11(16)17/h2-9H,10-11H2,1H3,(H,19,20);2-11H,12-13H2,1H3,(H,19,20);10H,5-9H2,1-4H3,(H,16,17). The highest BCUT2D eigenvalue weighted by atomic mass is 16.7. The maximum Gasteiger partial charge on any atom is 0.314 e. The summed E-state index contributed by atoms with van der Waals surface area (Å²) in [7, 11) is 0. The van der Waals surface area contributed by atoms with Crippen LogP contribution in [0.15, 0.2) is 109 Å². The first-order chi connectivity index (χ1) is 29.8. The molecule has 2 unspecified atom stereocenters. The van der Waals surface area contributed by atoms with Crippen molar-refractivity contribution in [2.75, 3.05) is 39.6 Å². The molecule has 334 valence electrons. The second-order valence-corrected chi connectivity index (χ2v) is 19.6. The summed E-state index contributed by atoms with van der Waals surface area (Å²) in [5.41, 5.74) is 3.00. The fourth-order valence-corrected chi connectivity index (χ4v) is 10.1. The number of carboxylic acids is 3. The number of carbonyl (C=O) groups is 3. The zero-order valence-corrected chi connectivity index (χ0v) is 36.8. The van der Waals surface area contributed by atoms with E-state index in [9.17, 15) is 29.7 Å². The predicted octanol–water partition coefficient (Wildman–Crippen LogP) is 8.70. The molecule has 2 atom stereocenters. The summed E-state index contributed by atoms with van der Waals surface area (Å²) >= 11 is 0. The van der Waals surface area contributed by atoms with E-state index in [2.05, 4.69) is 20.8 Å². The number of benzene rings is 4. The number of fused-ring (bicyclic) bond motifs is 8. The van der Waals surface area contributed by atoms with E-state index in [4.69, 9.17) is 28.4 Å². The average Bonchev–Trinajstić information content (AvgIpc) is 3.76. The minimum Gasteiger partial charge on any atom is -0.481 e. The quantitative estimate of drug-likeness (QED) is 0.175.